The third kappa shape index (κ3) is 5.73. The molecule has 3 atom stereocenters. The van der Waals surface area contributed by atoms with Crippen LogP contribution in [-0.2, 0) is 7.05 Å². The second-order valence-electron chi connectivity index (χ2n) is 8.14. The van der Waals surface area contributed by atoms with Crippen molar-refractivity contribution >= 4 is 35.6 Å². The van der Waals surface area contributed by atoms with Crippen molar-refractivity contribution in [2.45, 2.75) is 57.6 Å². The van der Waals surface area contributed by atoms with Crippen molar-refractivity contribution < 1.29 is 5.11 Å². The Bertz CT molecular complexity index is 621. The van der Waals surface area contributed by atoms with E-state index in [0.29, 0.717) is 6.04 Å². The summed E-state index contributed by atoms with van der Waals surface area (Å²) in [5, 5.41) is 21.7. The Labute approximate surface area is 180 Å². The zero-order valence-electron chi connectivity index (χ0n) is 16.8. The zero-order valence-corrected chi connectivity index (χ0v) is 19.1. The summed E-state index contributed by atoms with van der Waals surface area (Å²) < 4.78 is 1.85. The Morgan fingerprint density at radius 1 is 1.37 bits per heavy atom. The van der Waals surface area contributed by atoms with E-state index in [4.69, 9.17) is 0 Å². The molecule has 1 saturated carbocycles. The molecular formula is C19H35IN6O. The van der Waals surface area contributed by atoms with Crippen molar-refractivity contribution in [3.05, 3.63) is 12.4 Å². The summed E-state index contributed by atoms with van der Waals surface area (Å²) in [5.74, 6) is 0.835. The van der Waals surface area contributed by atoms with Crippen LogP contribution in [0.1, 0.15) is 45.4 Å². The van der Waals surface area contributed by atoms with Crippen LogP contribution >= 0.6 is 24.0 Å². The first-order valence-corrected chi connectivity index (χ1v) is 9.89. The van der Waals surface area contributed by atoms with E-state index in [1.165, 1.54) is 12.1 Å². The lowest BCUT2D eigenvalue weighted by Crippen LogP contribution is -2.53. The first-order valence-electron chi connectivity index (χ1n) is 9.89. The van der Waals surface area contributed by atoms with Gasteiger partial charge in [-0.2, -0.15) is 5.10 Å². The smallest absolute Gasteiger partial charge is 0.191 e. The topological polar surface area (TPSA) is 77.7 Å². The van der Waals surface area contributed by atoms with Gasteiger partial charge in [0.05, 0.1) is 18.0 Å². The molecule has 2 heterocycles. The van der Waals surface area contributed by atoms with Gasteiger partial charge in [0.15, 0.2) is 5.96 Å². The number of hydrogen-bond donors (Lipinski definition) is 3. The van der Waals surface area contributed by atoms with Crippen LogP contribution in [0.25, 0.3) is 0 Å². The van der Waals surface area contributed by atoms with E-state index in [9.17, 15) is 5.11 Å². The highest BCUT2D eigenvalue weighted by Crippen LogP contribution is 2.35. The highest BCUT2D eigenvalue weighted by Gasteiger charge is 2.35. The van der Waals surface area contributed by atoms with E-state index in [1.807, 2.05) is 25.0 Å². The molecule has 1 aliphatic heterocycles. The molecule has 3 rings (SSSR count). The van der Waals surface area contributed by atoms with Gasteiger partial charge in [-0.1, -0.05) is 19.8 Å². The van der Waals surface area contributed by atoms with Gasteiger partial charge in [-0.3, -0.25) is 9.67 Å². The molecule has 1 aliphatic carbocycles. The van der Waals surface area contributed by atoms with Crippen molar-refractivity contribution in [1.29, 1.82) is 0 Å². The third-order valence-corrected chi connectivity index (χ3v) is 5.98. The second-order valence-corrected chi connectivity index (χ2v) is 8.14. The maximum Gasteiger partial charge on any atom is 0.191 e. The third-order valence-electron chi connectivity index (χ3n) is 5.98. The lowest BCUT2D eigenvalue weighted by Gasteiger charge is -2.39. The first kappa shape index (κ1) is 22.3. The first-order chi connectivity index (χ1) is 12.5. The molecule has 0 aromatic carbocycles. The Balaban J connectivity index is 0.00000261. The number of anilines is 1. The zero-order chi connectivity index (χ0) is 18.6. The van der Waals surface area contributed by atoms with E-state index in [1.54, 1.807) is 0 Å². The molecule has 7 nitrogen and oxygen atoms in total. The van der Waals surface area contributed by atoms with E-state index in [-0.39, 0.29) is 35.5 Å². The highest BCUT2D eigenvalue weighted by atomic mass is 127. The minimum Gasteiger partial charge on any atom is -0.392 e. The Hall–Kier alpha value is -1.03. The number of nitrogens with one attached hydrogen (secondary N) is 2. The molecule has 1 aromatic rings. The summed E-state index contributed by atoms with van der Waals surface area (Å²) in [6, 6.07) is 0.360. The molecule has 2 fully saturated rings. The Kier molecular flexibility index (Phi) is 8.20. The molecule has 2 aliphatic rings. The minimum absolute atomic E-state index is 0. The van der Waals surface area contributed by atoms with Gasteiger partial charge in [0.1, 0.15) is 0 Å². The van der Waals surface area contributed by atoms with Crippen molar-refractivity contribution in [3.8, 4) is 0 Å². The van der Waals surface area contributed by atoms with Crippen LogP contribution in [0.15, 0.2) is 17.4 Å². The van der Waals surface area contributed by atoms with Gasteiger partial charge in [-0.25, -0.2) is 0 Å². The molecule has 27 heavy (non-hydrogen) atoms. The summed E-state index contributed by atoms with van der Waals surface area (Å²) in [4.78, 5) is 6.78. The van der Waals surface area contributed by atoms with E-state index >= 15 is 0 Å². The molecule has 0 radical (unpaired) electrons. The second kappa shape index (κ2) is 9.95. The number of hydrogen-bond acceptors (Lipinski definition) is 4. The summed E-state index contributed by atoms with van der Waals surface area (Å²) in [6.07, 6.45) is 10.4. The summed E-state index contributed by atoms with van der Waals surface area (Å²) in [6.45, 7) is 4.96. The number of aromatic nitrogens is 2. The van der Waals surface area contributed by atoms with Crippen molar-refractivity contribution in [2.24, 2.45) is 17.5 Å². The number of aliphatic hydroxyl groups is 1. The van der Waals surface area contributed by atoms with Gasteiger partial charge >= 0.3 is 0 Å². The average Bonchev–Trinajstić information content (AvgIpc) is 3.08. The molecule has 3 N–H and O–H groups in total. The molecule has 1 aromatic heterocycles. The van der Waals surface area contributed by atoms with E-state index in [2.05, 4.69) is 38.7 Å². The van der Waals surface area contributed by atoms with Gasteiger partial charge in [0, 0.05) is 51.4 Å². The SMILES string of the molecule is CN=C(NCC1(C)CCCCC1O)NC1CCCN(c2cnn(C)c2)C1.I. The fourth-order valence-electron chi connectivity index (χ4n) is 4.16. The van der Waals surface area contributed by atoms with Crippen LogP contribution in [0.2, 0.25) is 0 Å². The van der Waals surface area contributed by atoms with Gasteiger partial charge in [-0.05, 0) is 25.7 Å². The monoisotopic (exact) mass is 490 g/mol. The van der Waals surface area contributed by atoms with Crippen molar-refractivity contribution in [2.75, 3.05) is 31.6 Å². The standard InChI is InChI=1S/C19H34N6O.HI/c1-19(9-5-4-8-17(19)26)14-21-18(20-2)23-15-7-6-10-25(12-15)16-11-22-24(3)13-16;/h11,13,15,17,26H,4-10,12,14H2,1-3H3,(H2,20,21,23);1H. The number of piperidine rings is 1. The lowest BCUT2D eigenvalue weighted by molar-refractivity contribution is 0.00395. The van der Waals surface area contributed by atoms with Gasteiger partial charge in [0.2, 0.25) is 0 Å². The predicted octanol–water partition coefficient (Wildman–Crippen LogP) is 2.11. The van der Waals surface area contributed by atoms with Crippen LogP contribution in [0, 0.1) is 5.41 Å². The maximum atomic E-state index is 10.4. The molecule has 154 valence electrons. The normalized spacial score (nSPS) is 29.2. The fourth-order valence-corrected chi connectivity index (χ4v) is 4.16. The minimum atomic E-state index is -0.224. The van der Waals surface area contributed by atoms with Gasteiger partial charge < -0.3 is 20.6 Å². The average molecular weight is 490 g/mol. The molecule has 0 amide bonds. The number of aliphatic hydroxyl groups excluding tert-OH is 1. The number of aliphatic imine (C=N–C) groups is 1. The van der Waals surface area contributed by atoms with Gasteiger partial charge in [0.25, 0.3) is 0 Å². The molecule has 0 spiro atoms. The van der Waals surface area contributed by atoms with Gasteiger partial charge in [-0.15, -0.1) is 24.0 Å². The number of guanidine groups is 1. The number of halogens is 1. The van der Waals surface area contributed by atoms with Crippen LogP contribution in [0.4, 0.5) is 5.69 Å². The number of nitrogens with zero attached hydrogens (tertiary/aromatic N) is 4. The molecule has 3 unspecified atom stereocenters. The van der Waals surface area contributed by atoms with Crippen LogP contribution < -0.4 is 15.5 Å². The summed E-state index contributed by atoms with van der Waals surface area (Å²) in [5.41, 5.74) is 1.12. The molecule has 8 heteroatoms. The van der Waals surface area contributed by atoms with Crippen LogP contribution in [0.3, 0.4) is 0 Å². The summed E-state index contributed by atoms with van der Waals surface area (Å²) in [7, 11) is 3.77. The quantitative estimate of drug-likeness (QED) is 0.343. The Morgan fingerprint density at radius 2 is 2.19 bits per heavy atom. The molecule has 0 bridgehead atoms. The number of rotatable bonds is 4. The molecule has 1 saturated heterocycles. The highest BCUT2D eigenvalue weighted by molar-refractivity contribution is 14.0. The largest absolute Gasteiger partial charge is 0.392 e. The predicted molar refractivity (Wildman–Crippen MR) is 121 cm³/mol. The van der Waals surface area contributed by atoms with E-state index < -0.39 is 0 Å². The number of aryl methyl sites for hydroxylation is 1. The fraction of sp³-hybridized carbons (Fsp3) is 0.789. The van der Waals surface area contributed by atoms with Crippen molar-refractivity contribution in [1.82, 2.24) is 20.4 Å². The van der Waals surface area contributed by atoms with Crippen LogP contribution in [0.5, 0.6) is 0 Å². The lowest BCUT2D eigenvalue weighted by atomic mass is 9.73. The summed E-state index contributed by atoms with van der Waals surface area (Å²) >= 11 is 0. The Morgan fingerprint density at radius 3 is 2.85 bits per heavy atom. The van der Waals surface area contributed by atoms with Crippen LogP contribution in [-0.4, -0.2) is 59.7 Å². The van der Waals surface area contributed by atoms with Crippen molar-refractivity contribution in [3.63, 3.8) is 0 Å². The van der Waals surface area contributed by atoms with E-state index in [0.717, 1.165) is 57.7 Å². The maximum absolute atomic E-state index is 10.4. The molecular weight excluding hydrogens is 455 g/mol.